The Morgan fingerprint density at radius 2 is 1.54 bits per heavy atom. The highest BCUT2D eigenvalue weighted by Gasteiger charge is 2.70. The van der Waals surface area contributed by atoms with Crippen molar-refractivity contribution in [2.24, 2.45) is 34.0 Å². The summed E-state index contributed by atoms with van der Waals surface area (Å²) in [5.74, 6) is -2.75. The van der Waals surface area contributed by atoms with E-state index >= 15 is 0 Å². The molecule has 0 radical (unpaired) electrons. The van der Waals surface area contributed by atoms with Gasteiger partial charge in [0.05, 0.1) is 12.6 Å². The molecule has 3 rings (SSSR count). The van der Waals surface area contributed by atoms with Crippen LogP contribution in [-0.2, 0) is 28.7 Å². The number of urea groups is 1. The number of likely N-dealkylation sites (tertiary alicyclic amines) is 1. The monoisotopic (exact) mass is 645 g/mol. The first kappa shape index (κ1) is 37.0. The second-order valence-corrected chi connectivity index (χ2v) is 15.9. The van der Waals surface area contributed by atoms with Gasteiger partial charge in [-0.05, 0) is 53.3 Å². The summed E-state index contributed by atoms with van der Waals surface area (Å²) >= 11 is 0. The number of ketones is 1. The number of nitrogens with one attached hydrogen (secondary N) is 4. The molecule has 6 atom stereocenters. The fraction of sp³-hybridized carbons (Fsp3) is 0.765. The van der Waals surface area contributed by atoms with Crippen molar-refractivity contribution >= 4 is 35.5 Å². The summed E-state index contributed by atoms with van der Waals surface area (Å²) in [6, 6.07) is -4.61. The average Bonchev–Trinajstić information content (AvgIpc) is 3.82. The lowest BCUT2D eigenvalue weighted by atomic mass is 9.85. The molecule has 258 valence electrons. The first-order chi connectivity index (χ1) is 21.2. The molecule has 3 aliphatic rings. The molecule has 12 nitrogen and oxygen atoms in total. The number of fused-ring (bicyclic) bond motifs is 1. The summed E-state index contributed by atoms with van der Waals surface area (Å²) in [5.41, 5.74) is -1.61. The molecule has 46 heavy (non-hydrogen) atoms. The summed E-state index contributed by atoms with van der Waals surface area (Å²) in [7, 11) is 0. The largest absolute Gasteiger partial charge is 0.464 e. The van der Waals surface area contributed by atoms with Gasteiger partial charge in [-0.3, -0.25) is 19.2 Å². The zero-order chi connectivity index (χ0) is 34.8. The Morgan fingerprint density at radius 1 is 0.957 bits per heavy atom. The van der Waals surface area contributed by atoms with Crippen LogP contribution in [0.25, 0.3) is 0 Å². The van der Waals surface area contributed by atoms with Crippen LogP contribution in [-0.4, -0.2) is 84.3 Å². The van der Waals surface area contributed by atoms with E-state index < -0.39 is 70.5 Å². The minimum Gasteiger partial charge on any atom is -0.464 e. The lowest BCUT2D eigenvalue weighted by Crippen LogP contribution is -2.62. The van der Waals surface area contributed by atoms with Gasteiger partial charge in [-0.25, -0.2) is 9.59 Å². The number of carbonyl (C=O) groups excluding carboxylic acids is 6. The number of hydrogen-bond donors (Lipinski definition) is 4. The summed E-state index contributed by atoms with van der Waals surface area (Å²) in [4.78, 5) is 81.4. The van der Waals surface area contributed by atoms with E-state index in [1.54, 1.807) is 0 Å². The van der Waals surface area contributed by atoms with Crippen LogP contribution in [0.3, 0.4) is 0 Å². The van der Waals surface area contributed by atoms with E-state index in [4.69, 9.17) is 4.74 Å². The second kappa shape index (κ2) is 14.1. The molecule has 0 aromatic rings. The van der Waals surface area contributed by atoms with Gasteiger partial charge in [-0.15, -0.1) is 6.58 Å². The number of rotatable bonds is 14. The van der Waals surface area contributed by atoms with Crippen LogP contribution in [0.2, 0.25) is 0 Å². The summed E-state index contributed by atoms with van der Waals surface area (Å²) in [5, 5.41) is 10.8. The molecule has 0 aromatic heterocycles. The number of nitrogens with zero attached hydrogens (tertiary/aromatic N) is 1. The predicted molar refractivity (Wildman–Crippen MR) is 173 cm³/mol. The Labute approximate surface area is 273 Å². The van der Waals surface area contributed by atoms with Crippen molar-refractivity contribution in [3.8, 4) is 0 Å². The normalized spacial score (nSPS) is 23.6. The molecule has 1 unspecified atom stereocenters. The number of ether oxygens (including phenoxy) is 1. The van der Waals surface area contributed by atoms with Crippen molar-refractivity contribution < 1.29 is 33.5 Å². The molecule has 2 aliphatic carbocycles. The molecule has 1 saturated heterocycles. The van der Waals surface area contributed by atoms with E-state index in [1.807, 2.05) is 62.3 Å². The first-order valence-electron chi connectivity index (χ1n) is 16.5. The Hall–Kier alpha value is -3.44. The molecule has 4 N–H and O–H groups in total. The quantitative estimate of drug-likeness (QED) is 0.128. The van der Waals surface area contributed by atoms with Crippen molar-refractivity contribution in [1.29, 1.82) is 0 Å². The molecule has 0 bridgehead atoms. The number of amides is 5. The SMILES string of the molecule is C=CCNC(=O)C(=O)C(CCC)NC(=O)[C@@H]1[C@@H]2[C@H](CN1C(=O)[C@@H](NC(=O)N[C@H](C(=O)OCC1CC1)C(C)(C)C)C(C)(C)C)C2(C)C. The van der Waals surface area contributed by atoms with Crippen LogP contribution in [0.4, 0.5) is 4.79 Å². The maximum absolute atomic E-state index is 14.3. The lowest BCUT2D eigenvalue weighted by Gasteiger charge is -2.38. The van der Waals surface area contributed by atoms with E-state index in [9.17, 15) is 28.8 Å². The van der Waals surface area contributed by atoms with Crippen LogP contribution in [0, 0.1) is 34.0 Å². The van der Waals surface area contributed by atoms with Crippen molar-refractivity contribution in [1.82, 2.24) is 26.2 Å². The fourth-order valence-electron chi connectivity index (χ4n) is 6.35. The van der Waals surface area contributed by atoms with Gasteiger partial charge in [0.25, 0.3) is 5.91 Å². The van der Waals surface area contributed by atoms with Gasteiger partial charge in [0.1, 0.15) is 18.1 Å². The van der Waals surface area contributed by atoms with Gasteiger partial charge in [0.15, 0.2) is 0 Å². The molecule has 12 heteroatoms. The maximum atomic E-state index is 14.3. The van der Waals surface area contributed by atoms with Crippen molar-refractivity contribution in [3.05, 3.63) is 12.7 Å². The number of piperidine rings is 1. The molecular formula is C34H55N5O7. The number of esters is 1. The van der Waals surface area contributed by atoms with E-state index in [0.717, 1.165) is 12.8 Å². The minimum absolute atomic E-state index is 0.0596. The number of carbonyl (C=O) groups is 6. The van der Waals surface area contributed by atoms with E-state index in [1.165, 1.54) is 11.0 Å². The predicted octanol–water partition coefficient (Wildman–Crippen LogP) is 2.71. The summed E-state index contributed by atoms with van der Waals surface area (Å²) in [6.45, 7) is 21.1. The molecule has 1 aliphatic heterocycles. The first-order valence-corrected chi connectivity index (χ1v) is 16.5. The van der Waals surface area contributed by atoms with Gasteiger partial charge in [0.2, 0.25) is 17.6 Å². The smallest absolute Gasteiger partial charge is 0.329 e. The average molecular weight is 646 g/mol. The third kappa shape index (κ3) is 8.67. The molecular weight excluding hydrogens is 590 g/mol. The second-order valence-electron chi connectivity index (χ2n) is 15.9. The molecule has 1 heterocycles. The highest BCUT2D eigenvalue weighted by atomic mass is 16.5. The summed E-state index contributed by atoms with van der Waals surface area (Å²) in [6.07, 6.45) is 4.30. The molecule has 2 saturated carbocycles. The van der Waals surface area contributed by atoms with Crippen LogP contribution >= 0.6 is 0 Å². The number of Topliss-reactive ketones (excluding diaryl/α,β-unsaturated/α-hetero) is 1. The van der Waals surface area contributed by atoms with Crippen LogP contribution in [0.5, 0.6) is 0 Å². The highest BCUT2D eigenvalue weighted by molar-refractivity contribution is 6.38. The zero-order valence-corrected chi connectivity index (χ0v) is 29.1. The molecule has 0 aromatic carbocycles. The van der Waals surface area contributed by atoms with Crippen LogP contribution in [0.1, 0.15) is 88.0 Å². The Bertz CT molecular complexity index is 1210. The Balaban J connectivity index is 1.80. The van der Waals surface area contributed by atoms with Gasteiger partial charge in [-0.1, -0.05) is 74.8 Å². The topological polar surface area (TPSA) is 163 Å². The minimum atomic E-state index is -1.04. The van der Waals surface area contributed by atoms with Gasteiger partial charge < -0.3 is 30.9 Å². The van der Waals surface area contributed by atoms with Crippen molar-refractivity contribution in [2.75, 3.05) is 19.7 Å². The summed E-state index contributed by atoms with van der Waals surface area (Å²) < 4.78 is 5.48. The number of hydrogen-bond acceptors (Lipinski definition) is 7. The molecule has 5 amide bonds. The standard InChI is InChI=1S/C34H55N5O7/c1-11-13-21(24(40)28(42)35-16-12-2)36-27(41)23-22-20(34(22,9)10)17-39(23)29(43)25(32(3,4)5)37-31(45)38-26(33(6,7)8)30(44)46-18-19-14-15-19/h12,19-23,25-26H,2,11,13-18H2,1,3-10H3,(H,35,42)(H,36,41)(H2,37,38,45)/t20-,21?,22-,23-,25+,26+/m0/s1. The molecule has 0 spiro atoms. The van der Waals surface area contributed by atoms with Crippen LogP contribution in [0.15, 0.2) is 12.7 Å². The lowest BCUT2D eigenvalue weighted by molar-refractivity contribution is -0.149. The van der Waals surface area contributed by atoms with Gasteiger partial charge in [0, 0.05) is 13.1 Å². The Kier molecular flexibility index (Phi) is 11.4. The van der Waals surface area contributed by atoms with Crippen LogP contribution < -0.4 is 21.3 Å². The van der Waals surface area contributed by atoms with E-state index in [2.05, 4.69) is 27.8 Å². The highest BCUT2D eigenvalue weighted by Crippen LogP contribution is 2.65. The Morgan fingerprint density at radius 3 is 2.07 bits per heavy atom. The fourth-order valence-corrected chi connectivity index (χ4v) is 6.35. The third-order valence-corrected chi connectivity index (χ3v) is 9.53. The van der Waals surface area contributed by atoms with Gasteiger partial charge in [-0.2, -0.15) is 0 Å². The third-order valence-electron chi connectivity index (χ3n) is 9.53. The zero-order valence-electron chi connectivity index (χ0n) is 29.1. The molecule has 3 fully saturated rings. The van der Waals surface area contributed by atoms with E-state index in [-0.39, 0.29) is 30.2 Å². The van der Waals surface area contributed by atoms with Crippen molar-refractivity contribution in [2.45, 2.75) is 112 Å². The maximum Gasteiger partial charge on any atom is 0.329 e. The van der Waals surface area contributed by atoms with E-state index in [0.29, 0.717) is 25.5 Å². The van der Waals surface area contributed by atoms with Crippen molar-refractivity contribution in [3.63, 3.8) is 0 Å². The van der Waals surface area contributed by atoms with Gasteiger partial charge >= 0.3 is 12.0 Å².